The molecule has 1 N–H and O–H groups in total. The third-order valence-corrected chi connectivity index (χ3v) is 5.29. The number of hydrogen-bond donors (Lipinski definition) is 1. The van der Waals surface area contributed by atoms with Gasteiger partial charge in [0, 0.05) is 23.1 Å². The van der Waals surface area contributed by atoms with Crippen LogP contribution in [0.1, 0.15) is 41.5 Å². The quantitative estimate of drug-likeness (QED) is 0.519. The predicted octanol–water partition coefficient (Wildman–Crippen LogP) is 6.05. The summed E-state index contributed by atoms with van der Waals surface area (Å²) in [7, 11) is 0. The average molecular weight is 429 g/mol. The van der Waals surface area contributed by atoms with Crippen molar-refractivity contribution in [3.8, 4) is 5.69 Å². The molecule has 6 heteroatoms. The van der Waals surface area contributed by atoms with Crippen molar-refractivity contribution in [1.82, 2.24) is 4.57 Å². The molecule has 0 aliphatic carbocycles. The van der Waals surface area contributed by atoms with Crippen LogP contribution < -0.4 is 10.7 Å². The zero-order valence-electron chi connectivity index (χ0n) is 16.3. The molecular weight excluding hydrogens is 407 g/mol. The largest absolute Gasteiger partial charge is 0.322 e. The molecule has 0 saturated heterocycles. The van der Waals surface area contributed by atoms with E-state index in [4.69, 9.17) is 23.2 Å². The number of pyridine rings is 1. The Kier molecular flexibility index (Phi) is 6.78. The van der Waals surface area contributed by atoms with Crippen molar-refractivity contribution in [3.05, 3.63) is 91.8 Å². The molecule has 0 atom stereocenters. The van der Waals surface area contributed by atoms with Crippen LogP contribution in [0.4, 0.5) is 5.69 Å². The highest BCUT2D eigenvalue weighted by molar-refractivity contribution is 6.37. The molecule has 2 aromatic carbocycles. The van der Waals surface area contributed by atoms with Gasteiger partial charge in [-0.1, -0.05) is 60.8 Å². The van der Waals surface area contributed by atoms with Crippen molar-refractivity contribution in [2.75, 3.05) is 5.32 Å². The summed E-state index contributed by atoms with van der Waals surface area (Å²) in [5.74, 6) is -0.441. The summed E-state index contributed by atoms with van der Waals surface area (Å²) in [4.78, 5) is 26.0. The number of halogens is 2. The van der Waals surface area contributed by atoms with Crippen LogP contribution >= 0.6 is 23.2 Å². The maximum absolute atomic E-state index is 13.1. The minimum Gasteiger partial charge on any atom is -0.322 e. The first-order chi connectivity index (χ1) is 13.9. The molecule has 1 aromatic heterocycles. The zero-order chi connectivity index (χ0) is 21.0. The monoisotopic (exact) mass is 428 g/mol. The van der Waals surface area contributed by atoms with Gasteiger partial charge in [0.05, 0.1) is 15.7 Å². The van der Waals surface area contributed by atoms with Crippen molar-refractivity contribution < 1.29 is 4.79 Å². The lowest BCUT2D eigenvalue weighted by atomic mass is 10.0. The van der Waals surface area contributed by atoms with Crippen LogP contribution in [0.3, 0.4) is 0 Å². The molecule has 1 heterocycles. The van der Waals surface area contributed by atoms with Gasteiger partial charge in [0.15, 0.2) is 5.43 Å². The number of hydrogen-bond acceptors (Lipinski definition) is 2. The fraction of sp³-hybridized carbons (Fsp3) is 0.217. The molecule has 3 rings (SSSR count). The standard InChI is InChI=1S/C23H22Cl2N2O2/c1-3-4-13-19-21(23(29)26-16-9-6-5-7-10-16)20(28)14-15(2)27(19)22-17(24)11-8-12-18(22)25/h5-12,14H,3-4,13H2,1-2H3,(H,26,29). The highest BCUT2D eigenvalue weighted by atomic mass is 35.5. The number of amides is 1. The number of nitrogens with zero attached hydrogens (tertiary/aromatic N) is 1. The molecule has 0 aliphatic heterocycles. The number of aryl methyl sites for hydroxylation is 1. The van der Waals surface area contributed by atoms with Crippen LogP contribution in [0.5, 0.6) is 0 Å². The lowest BCUT2D eigenvalue weighted by Crippen LogP contribution is -2.28. The molecule has 150 valence electrons. The summed E-state index contributed by atoms with van der Waals surface area (Å²) in [5, 5.41) is 3.74. The Bertz CT molecular complexity index is 1070. The lowest BCUT2D eigenvalue weighted by molar-refractivity contribution is 0.102. The molecule has 0 bridgehead atoms. The summed E-state index contributed by atoms with van der Waals surface area (Å²) in [5.41, 5.74) is 2.28. The van der Waals surface area contributed by atoms with Gasteiger partial charge >= 0.3 is 0 Å². The van der Waals surface area contributed by atoms with E-state index in [1.807, 2.05) is 29.7 Å². The molecule has 0 aliphatic rings. The maximum atomic E-state index is 13.1. The third kappa shape index (κ3) is 4.55. The van der Waals surface area contributed by atoms with Crippen molar-refractivity contribution in [3.63, 3.8) is 0 Å². The highest BCUT2D eigenvalue weighted by Gasteiger charge is 2.23. The fourth-order valence-corrected chi connectivity index (χ4v) is 3.91. The summed E-state index contributed by atoms with van der Waals surface area (Å²) in [6.07, 6.45) is 2.28. The van der Waals surface area contributed by atoms with E-state index in [-0.39, 0.29) is 11.0 Å². The Morgan fingerprint density at radius 1 is 1.03 bits per heavy atom. The number of carbonyl (C=O) groups excluding carboxylic acids is 1. The lowest BCUT2D eigenvalue weighted by Gasteiger charge is -2.22. The van der Waals surface area contributed by atoms with Gasteiger partial charge in [-0.15, -0.1) is 0 Å². The van der Waals surface area contributed by atoms with Crippen LogP contribution in [0.15, 0.2) is 59.4 Å². The van der Waals surface area contributed by atoms with E-state index in [0.717, 1.165) is 12.8 Å². The number of aromatic nitrogens is 1. The number of para-hydroxylation sites is 2. The van der Waals surface area contributed by atoms with E-state index in [2.05, 4.69) is 12.2 Å². The van der Waals surface area contributed by atoms with Gasteiger partial charge in [-0.25, -0.2) is 0 Å². The topological polar surface area (TPSA) is 51.1 Å². The first kappa shape index (κ1) is 21.2. The van der Waals surface area contributed by atoms with Gasteiger partial charge in [-0.2, -0.15) is 0 Å². The van der Waals surface area contributed by atoms with Crippen LogP contribution in [0, 0.1) is 6.92 Å². The van der Waals surface area contributed by atoms with E-state index in [1.165, 1.54) is 6.07 Å². The number of carbonyl (C=O) groups is 1. The van der Waals surface area contributed by atoms with E-state index >= 15 is 0 Å². The van der Waals surface area contributed by atoms with Crippen LogP contribution in [0.2, 0.25) is 10.0 Å². The van der Waals surface area contributed by atoms with Gasteiger partial charge in [0.1, 0.15) is 5.56 Å². The van der Waals surface area contributed by atoms with Crippen LogP contribution in [-0.2, 0) is 6.42 Å². The minimum atomic E-state index is -0.441. The molecular formula is C23H22Cl2N2O2. The smallest absolute Gasteiger partial charge is 0.261 e. The van der Waals surface area contributed by atoms with Gasteiger partial charge in [-0.3, -0.25) is 9.59 Å². The maximum Gasteiger partial charge on any atom is 0.261 e. The molecule has 1 amide bonds. The Labute approximate surface area is 180 Å². The van der Waals surface area contributed by atoms with E-state index in [1.54, 1.807) is 30.3 Å². The molecule has 0 spiro atoms. The number of nitrogens with one attached hydrogen (secondary N) is 1. The molecule has 4 nitrogen and oxygen atoms in total. The first-order valence-corrected chi connectivity index (χ1v) is 10.3. The van der Waals surface area contributed by atoms with E-state index < -0.39 is 5.91 Å². The normalized spacial score (nSPS) is 10.8. The third-order valence-electron chi connectivity index (χ3n) is 4.68. The molecule has 29 heavy (non-hydrogen) atoms. The molecule has 3 aromatic rings. The molecule has 0 unspecified atom stereocenters. The van der Waals surface area contributed by atoms with Crippen LogP contribution in [-0.4, -0.2) is 10.5 Å². The number of benzene rings is 2. The second-order valence-corrected chi connectivity index (χ2v) is 7.62. The van der Waals surface area contributed by atoms with E-state index in [0.29, 0.717) is 39.2 Å². The summed E-state index contributed by atoms with van der Waals surface area (Å²) in [6.45, 7) is 3.87. The number of rotatable bonds is 6. The summed E-state index contributed by atoms with van der Waals surface area (Å²) in [6, 6.07) is 15.8. The number of unbranched alkanes of at least 4 members (excludes halogenated alkanes) is 1. The summed E-state index contributed by atoms with van der Waals surface area (Å²) < 4.78 is 1.83. The van der Waals surface area contributed by atoms with Gasteiger partial charge in [0.25, 0.3) is 5.91 Å². The molecule has 0 saturated carbocycles. The van der Waals surface area contributed by atoms with Crippen molar-refractivity contribution in [1.29, 1.82) is 0 Å². The minimum absolute atomic E-state index is 0.115. The molecule has 0 radical (unpaired) electrons. The Hall–Kier alpha value is -2.56. The Morgan fingerprint density at radius 2 is 1.69 bits per heavy atom. The SMILES string of the molecule is CCCCc1c(C(=O)Nc2ccccc2)c(=O)cc(C)n1-c1c(Cl)cccc1Cl. The van der Waals surface area contributed by atoms with Gasteiger partial charge in [-0.05, 0) is 44.0 Å². The first-order valence-electron chi connectivity index (χ1n) is 9.50. The molecule has 0 fully saturated rings. The zero-order valence-corrected chi connectivity index (χ0v) is 17.8. The fourth-order valence-electron chi connectivity index (χ4n) is 3.35. The van der Waals surface area contributed by atoms with Crippen molar-refractivity contribution in [2.24, 2.45) is 0 Å². The van der Waals surface area contributed by atoms with E-state index in [9.17, 15) is 9.59 Å². The van der Waals surface area contributed by atoms with Gasteiger partial charge in [0.2, 0.25) is 0 Å². The summed E-state index contributed by atoms with van der Waals surface area (Å²) >= 11 is 12.9. The van der Waals surface area contributed by atoms with Crippen LogP contribution in [0.25, 0.3) is 5.69 Å². The predicted molar refractivity (Wildman–Crippen MR) is 120 cm³/mol. The van der Waals surface area contributed by atoms with Crippen molar-refractivity contribution in [2.45, 2.75) is 33.1 Å². The number of anilines is 1. The second-order valence-electron chi connectivity index (χ2n) is 6.80. The van der Waals surface area contributed by atoms with Crippen molar-refractivity contribution >= 4 is 34.8 Å². The Balaban J connectivity index is 2.23. The second kappa shape index (κ2) is 9.29. The average Bonchev–Trinajstić information content (AvgIpc) is 2.68. The Morgan fingerprint density at radius 3 is 2.31 bits per heavy atom. The highest BCUT2D eigenvalue weighted by Crippen LogP contribution is 2.31. The van der Waals surface area contributed by atoms with Gasteiger partial charge < -0.3 is 9.88 Å².